The molecule has 0 aliphatic rings. The fourth-order valence-electron chi connectivity index (χ4n) is 2.09. The van der Waals surface area contributed by atoms with Crippen LogP contribution in [-0.2, 0) is 0 Å². The van der Waals surface area contributed by atoms with Crippen molar-refractivity contribution in [3.63, 3.8) is 0 Å². The molecule has 0 heterocycles. The molecule has 2 aromatic rings. The Balaban J connectivity index is 2.01. The van der Waals surface area contributed by atoms with E-state index in [2.05, 4.69) is 27.7 Å². The van der Waals surface area contributed by atoms with Crippen molar-refractivity contribution in [2.24, 2.45) is 5.41 Å². The van der Waals surface area contributed by atoms with Gasteiger partial charge in [0.25, 0.3) is 0 Å². The van der Waals surface area contributed by atoms with Gasteiger partial charge in [0.05, 0.1) is 13.2 Å². The normalized spacial score (nSPS) is 11.2. The Labute approximate surface area is 144 Å². The molecule has 0 atom stereocenters. The highest BCUT2D eigenvalue weighted by molar-refractivity contribution is 6.09. The molecule has 0 unspecified atom stereocenters. The predicted molar refractivity (Wildman–Crippen MR) is 97.1 cm³/mol. The molecule has 0 fully saturated rings. The number of hydrogen-bond acceptors (Lipinski definition) is 3. The number of carbonyl (C=O) groups excluding carboxylic acids is 1. The Morgan fingerprint density at radius 3 is 1.71 bits per heavy atom. The molecule has 0 saturated carbocycles. The van der Waals surface area contributed by atoms with E-state index in [0.29, 0.717) is 24.3 Å². The summed E-state index contributed by atoms with van der Waals surface area (Å²) in [6.07, 6.45) is 0.963. The molecule has 2 rings (SSSR count). The van der Waals surface area contributed by atoms with Crippen molar-refractivity contribution in [2.45, 2.75) is 34.1 Å². The molecule has 0 aromatic heterocycles. The molecule has 0 radical (unpaired) electrons. The average molecular weight is 326 g/mol. The van der Waals surface area contributed by atoms with E-state index in [9.17, 15) is 4.79 Å². The highest BCUT2D eigenvalue weighted by atomic mass is 16.5. The topological polar surface area (TPSA) is 35.5 Å². The molecule has 24 heavy (non-hydrogen) atoms. The molecule has 0 aliphatic carbocycles. The standard InChI is InChI=1S/C21H26O3/c1-5-14-23-18-10-6-16(7-11-18)20(22)17-8-12-19(13-9-17)24-15-21(2,3)4/h6-13H,5,14-15H2,1-4H3. The van der Waals surface area contributed by atoms with Gasteiger partial charge in [0.15, 0.2) is 5.78 Å². The second kappa shape index (κ2) is 8.00. The van der Waals surface area contributed by atoms with Crippen molar-refractivity contribution < 1.29 is 14.3 Å². The fourth-order valence-corrected chi connectivity index (χ4v) is 2.09. The van der Waals surface area contributed by atoms with Crippen molar-refractivity contribution in [2.75, 3.05) is 13.2 Å². The predicted octanol–water partition coefficient (Wildman–Crippen LogP) is 5.13. The highest BCUT2D eigenvalue weighted by Gasteiger charge is 2.12. The van der Waals surface area contributed by atoms with Gasteiger partial charge in [-0.25, -0.2) is 0 Å². The monoisotopic (exact) mass is 326 g/mol. The third-order valence-corrected chi connectivity index (χ3v) is 3.38. The van der Waals surface area contributed by atoms with Gasteiger partial charge in [-0.1, -0.05) is 27.7 Å². The van der Waals surface area contributed by atoms with Gasteiger partial charge >= 0.3 is 0 Å². The first-order valence-electron chi connectivity index (χ1n) is 8.39. The number of ketones is 1. The Kier molecular flexibility index (Phi) is 6.02. The van der Waals surface area contributed by atoms with Crippen LogP contribution >= 0.6 is 0 Å². The lowest BCUT2D eigenvalue weighted by molar-refractivity contribution is 0.103. The SMILES string of the molecule is CCCOc1ccc(C(=O)c2ccc(OCC(C)(C)C)cc2)cc1. The largest absolute Gasteiger partial charge is 0.494 e. The number of rotatable bonds is 7. The van der Waals surface area contributed by atoms with Gasteiger partial charge in [0.1, 0.15) is 11.5 Å². The maximum Gasteiger partial charge on any atom is 0.193 e. The van der Waals surface area contributed by atoms with E-state index in [1.165, 1.54) is 0 Å². The van der Waals surface area contributed by atoms with E-state index in [1.807, 2.05) is 36.4 Å². The summed E-state index contributed by atoms with van der Waals surface area (Å²) in [6.45, 7) is 9.76. The molecule has 0 bridgehead atoms. The lowest BCUT2D eigenvalue weighted by Crippen LogP contribution is -2.16. The van der Waals surface area contributed by atoms with Crippen LogP contribution in [0.1, 0.15) is 50.0 Å². The molecule has 0 amide bonds. The highest BCUT2D eigenvalue weighted by Crippen LogP contribution is 2.20. The van der Waals surface area contributed by atoms with Gasteiger partial charge in [-0.2, -0.15) is 0 Å². The molecule has 0 aliphatic heterocycles. The Morgan fingerprint density at radius 2 is 1.29 bits per heavy atom. The first-order chi connectivity index (χ1) is 11.4. The van der Waals surface area contributed by atoms with Gasteiger partial charge in [-0.15, -0.1) is 0 Å². The van der Waals surface area contributed by atoms with Crippen LogP contribution in [0.5, 0.6) is 11.5 Å². The van der Waals surface area contributed by atoms with Gasteiger partial charge in [-0.3, -0.25) is 4.79 Å². The van der Waals surface area contributed by atoms with Gasteiger partial charge < -0.3 is 9.47 Å². The average Bonchev–Trinajstić information content (AvgIpc) is 2.58. The molecule has 2 aromatic carbocycles. The molecule has 0 saturated heterocycles. The molecular weight excluding hydrogens is 300 g/mol. The summed E-state index contributed by atoms with van der Waals surface area (Å²) in [6, 6.07) is 14.6. The molecule has 3 heteroatoms. The minimum Gasteiger partial charge on any atom is -0.494 e. The van der Waals surface area contributed by atoms with Gasteiger partial charge in [0.2, 0.25) is 0 Å². The summed E-state index contributed by atoms with van der Waals surface area (Å²) in [7, 11) is 0. The summed E-state index contributed by atoms with van der Waals surface area (Å²) in [5.74, 6) is 1.57. The molecule has 3 nitrogen and oxygen atoms in total. The zero-order valence-corrected chi connectivity index (χ0v) is 15.0. The van der Waals surface area contributed by atoms with Crippen LogP contribution in [0.3, 0.4) is 0 Å². The summed E-state index contributed by atoms with van der Waals surface area (Å²) in [4.78, 5) is 12.5. The smallest absolute Gasteiger partial charge is 0.193 e. The molecule has 128 valence electrons. The van der Waals surface area contributed by atoms with Crippen molar-refractivity contribution in [1.82, 2.24) is 0 Å². The van der Waals surface area contributed by atoms with Crippen LogP contribution < -0.4 is 9.47 Å². The minimum absolute atomic E-state index is 0.000544. The quantitative estimate of drug-likeness (QED) is 0.662. The van der Waals surface area contributed by atoms with E-state index in [-0.39, 0.29) is 11.2 Å². The maximum atomic E-state index is 12.5. The van der Waals surface area contributed by atoms with E-state index in [0.717, 1.165) is 17.9 Å². The van der Waals surface area contributed by atoms with Crippen LogP contribution in [0.15, 0.2) is 48.5 Å². The van der Waals surface area contributed by atoms with Crippen LogP contribution in [0, 0.1) is 5.41 Å². The first-order valence-corrected chi connectivity index (χ1v) is 8.39. The zero-order chi connectivity index (χ0) is 17.6. The van der Waals surface area contributed by atoms with Gasteiger partial charge in [-0.05, 0) is 60.4 Å². The van der Waals surface area contributed by atoms with Crippen LogP contribution in [0.25, 0.3) is 0 Å². The number of benzene rings is 2. The van der Waals surface area contributed by atoms with Crippen molar-refractivity contribution in [1.29, 1.82) is 0 Å². The maximum absolute atomic E-state index is 12.5. The van der Waals surface area contributed by atoms with Crippen LogP contribution in [-0.4, -0.2) is 19.0 Å². The summed E-state index contributed by atoms with van der Waals surface area (Å²) in [5.41, 5.74) is 1.42. The third-order valence-electron chi connectivity index (χ3n) is 3.38. The van der Waals surface area contributed by atoms with Crippen molar-refractivity contribution in [3.05, 3.63) is 59.7 Å². The van der Waals surface area contributed by atoms with E-state index < -0.39 is 0 Å². The molecule has 0 spiro atoms. The van der Waals surface area contributed by atoms with E-state index in [1.54, 1.807) is 12.1 Å². The summed E-state index contributed by atoms with van der Waals surface area (Å²) < 4.78 is 11.3. The zero-order valence-electron chi connectivity index (χ0n) is 15.0. The van der Waals surface area contributed by atoms with E-state index >= 15 is 0 Å². The number of carbonyl (C=O) groups is 1. The van der Waals surface area contributed by atoms with E-state index in [4.69, 9.17) is 9.47 Å². The second-order valence-electron chi connectivity index (χ2n) is 7.08. The molecule has 0 N–H and O–H groups in total. The first kappa shape index (κ1) is 18.1. The van der Waals surface area contributed by atoms with Crippen molar-refractivity contribution in [3.8, 4) is 11.5 Å². The van der Waals surface area contributed by atoms with Gasteiger partial charge in [0, 0.05) is 11.1 Å². The van der Waals surface area contributed by atoms with Crippen molar-refractivity contribution >= 4 is 5.78 Å². The molecular formula is C21H26O3. The van der Waals surface area contributed by atoms with Crippen LogP contribution in [0.4, 0.5) is 0 Å². The van der Waals surface area contributed by atoms with Crippen LogP contribution in [0.2, 0.25) is 0 Å². The minimum atomic E-state index is -0.000544. The Hall–Kier alpha value is -2.29. The number of ether oxygens (including phenoxy) is 2. The lowest BCUT2D eigenvalue weighted by atomic mass is 9.98. The Morgan fingerprint density at radius 1 is 0.833 bits per heavy atom. The second-order valence-corrected chi connectivity index (χ2v) is 7.08. The third kappa shape index (κ3) is 5.41. The fraction of sp³-hybridized carbons (Fsp3) is 0.381. The Bertz CT molecular complexity index is 649. The summed E-state index contributed by atoms with van der Waals surface area (Å²) in [5, 5.41) is 0. The number of hydrogen-bond donors (Lipinski definition) is 0. The summed E-state index contributed by atoms with van der Waals surface area (Å²) >= 11 is 0. The lowest BCUT2D eigenvalue weighted by Gasteiger charge is -2.18.